The van der Waals surface area contributed by atoms with Crippen molar-refractivity contribution in [2.24, 2.45) is 0 Å². The summed E-state index contributed by atoms with van der Waals surface area (Å²) in [7, 11) is 0. The first-order chi connectivity index (χ1) is 21.0. The number of pyridine rings is 2. The molecule has 4 aromatic heterocycles. The predicted molar refractivity (Wildman–Crippen MR) is 165 cm³/mol. The Morgan fingerprint density at radius 2 is 1.86 bits per heavy atom. The van der Waals surface area contributed by atoms with Crippen LogP contribution in [0.3, 0.4) is 0 Å². The molecule has 1 saturated heterocycles. The quantitative estimate of drug-likeness (QED) is 0.268. The number of H-pyrrole nitrogens is 2. The Kier molecular flexibility index (Phi) is 7.35. The van der Waals surface area contributed by atoms with Gasteiger partial charge >= 0.3 is 0 Å². The molecule has 7 rings (SSSR count). The standard InChI is InChI=1S/C33H34N8O2/c1-20-18-34-31(36-20)21(2)37-33(42)23-11-9-22(10-12-23)30-25-7-4-3-6-24(25)28-27(38-30)19-35-32-29(28)26(39-40-32)8-5-13-41-14-16-43-17-15-41/h9-12,18-19,21H,3-4,6-7,13-17H2,1-2H3,(H,34,36)(H,37,42)(H,35,39,40). The molecule has 1 aromatic carbocycles. The van der Waals surface area contributed by atoms with E-state index in [9.17, 15) is 4.79 Å². The minimum atomic E-state index is -0.226. The van der Waals surface area contributed by atoms with Gasteiger partial charge < -0.3 is 15.0 Å². The molecular weight excluding hydrogens is 540 g/mol. The third kappa shape index (κ3) is 5.38. The topological polar surface area (TPSA) is 125 Å². The SMILES string of the molecule is Cc1cnc(C(C)NC(=O)c2ccc(-c3nc4cnc5n[nH]c(C#CCN6CCOCC6)c5c4c4c3CCCC4)cc2)[nH]1. The second-order valence-corrected chi connectivity index (χ2v) is 11.4. The summed E-state index contributed by atoms with van der Waals surface area (Å²) >= 11 is 0. The van der Waals surface area contributed by atoms with Crippen molar-refractivity contribution in [1.29, 1.82) is 0 Å². The first kappa shape index (κ1) is 27.3. The number of fused-ring (bicyclic) bond motifs is 5. The number of carbonyl (C=O) groups excluding carboxylic acids is 1. The smallest absolute Gasteiger partial charge is 0.251 e. The Morgan fingerprint density at radius 1 is 1.07 bits per heavy atom. The summed E-state index contributed by atoms with van der Waals surface area (Å²) in [5.74, 6) is 7.26. The Balaban J connectivity index is 1.21. The van der Waals surface area contributed by atoms with Crippen LogP contribution in [0.1, 0.15) is 64.5 Å². The van der Waals surface area contributed by atoms with Crippen LogP contribution in [0.15, 0.2) is 36.7 Å². The lowest BCUT2D eigenvalue weighted by Gasteiger charge is -2.24. The van der Waals surface area contributed by atoms with Crippen molar-refractivity contribution in [3.05, 3.63) is 70.6 Å². The van der Waals surface area contributed by atoms with Gasteiger partial charge in [-0.25, -0.2) is 15.0 Å². The number of nitrogens with zero attached hydrogens (tertiary/aromatic N) is 5. The van der Waals surface area contributed by atoms with Crippen LogP contribution in [-0.4, -0.2) is 73.8 Å². The molecule has 0 saturated carbocycles. The summed E-state index contributed by atoms with van der Waals surface area (Å²) < 4.78 is 5.46. The van der Waals surface area contributed by atoms with E-state index in [1.54, 1.807) is 6.20 Å². The van der Waals surface area contributed by atoms with Crippen molar-refractivity contribution in [3.8, 4) is 23.1 Å². The van der Waals surface area contributed by atoms with Crippen LogP contribution in [0.25, 0.3) is 33.2 Å². The fourth-order valence-electron chi connectivity index (χ4n) is 6.11. The monoisotopic (exact) mass is 574 g/mol. The number of aromatic nitrogens is 6. The van der Waals surface area contributed by atoms with Gasteiger partial charge in [-0.15, -0.1) is 0 Å². The van der Waals surface area contributed by atoms with E-state index < -0.39 is 0 Å². The highest BCUT2D eigenvalue weighted by atomic mass is 16.5. The van der Waals surface area contributed by atoms with Gasteiger partial charge in [-0.2, -0.15) is 5.10 Å². The molecule has 0 bridgehead atoms. The molecule has 1 amide bonds. The van der Waals surface area contributed by atoms with Crippen LogP contribution >= 0.6 is 0 Å². The highest BCUT2D eigenvalue weighted by Crippen LogP contribution is 2.38. The number of hydrogen-bond acceptors (Lipinski definition) is 7. The lowest BCUT2D eigenvalue weighted by Crippen LogP contribution is -2.36. The minimum Gasteiger partial charge on any atom is -0.379 e. The molecule has 1 fully saturated rings. The van der Waals surface area contributed by atoms with E-state index in [1.165, 1.54) is 11.1 Å². The zero-order valence-electron chi connectivity index (χ0n) is 24.5. The number of amides is 1. The number of hydrogen-bond donors (Lipinski definition) is 3. The molecule has 10 heteroatoms. The molecule has 5 heterocycles. The number of aryl methyl sites for hydroxylation is 2. The van der Waals surface area contributed by atoms with Gasteiger partial charge in [-0.1, -0.05) is 18.1 Å². The molecule has 0 spiro atoms. The molecule has 1 aliphatic heterocycles. The summed E-state index contributed by atoms with van der Waals surface area (Å²) in [6.07, 6.45) is 7.74. The van der Waals surface area contributed by atoms with Gasteiger partial charge in [0.25, 0.3) is 5.91 Å². The van der Waals surface area contributed by atoms with Gasteiger partial charge in [0.05, 0.1) is 48.6 Å². The van der Waals surface area contributed by atoms with E-state index in [0.29, 0.717) is 17.8 Å². The Hall–Kier alpha value is -4.59. The van der Waals surface area contributed by atoms with E-state index in [4.69, 9.17) is 9.72 Å². The summed E-state index contributed by atoms with van der Waals surface area (Å²) in [5, 5.41) is 12.7. The molecule has 218 valence electrons. The van der Waals surface area contributed by atoms with Crippen molar-refractivity contribution in [2.45, 2.75) is 45.6 Å². The van der Waals surface area contributed by atoms with E-state index in [2.05, 4.69) is 47.2 Å². The molecule has 1 atom stereocenters. The van der Waals surface area contributed by atoms with Crippen LogP contribution < -0.4 is 5.32 Å². The summed E-state index contributed by atoms with van der Waals surface area (Å²) in [5.41, 5.74) is 8.36. The first-order valence-corrected chi connectivity index (χ1v) is 15.0. The first-order valence-electron chi connectivity index (χ1n) is 15.0. The second-order valence-electron chi connectivity index (χ2n) is 11.4. The van der Waals surface area contributed by atoms with Crippen molar-refractivity contribution >= 4 is 27.8 Å². The fourth-order valence-corrected chi connectivity index (χ4v) is 6.11. The van der Waals surface area contributed by atoms with Crippen LogP contribution in [-0.2, 0) is 17.6 Å². The average molecular weight is 575 g/mol. The number of nitrogens with one attached hydrogen (secondary N) is 3. The number of rotatable bonds is 5. The number of imidazole rings is 1. The fraction of sp³-hybridized carbons (Fsp3) is 0.364. The summed E-state index contributed by atoms with van der Waals surface area (Å²) in [6, 6.07) is 7.49. The highest BCUT2D eigenvalue weighted by Gasteiger charge is 2.23. The van der Waals surface area contributed by atoms with Crippen LogP contribution in [0.4, 0.5) is 0 Å². The molecular formula is C33H34N8O2. The van der Waals surface area contributed by atoms with Gasteiger partial charge in [0.2, 0.25) is 0 Å². The van der Waals surface area contributed by atoms with Crippen LogP contribution in [0, 0.1) is 18.8 Å². The highest BCUT2D eigenvalue weighted by molar-refractivity contribution is 6.08. The Bertz CT molecular complexity index is 1870. The maximum atomic E-state index is 13.0. The Morgan fingerprint density at radius 3 is 2.63 bits per heavy atom. The van der Waals surface area contributed by atoms with E-state index in [0.717, 1.165) is 96.7 Å². The predicted octanol–water partition coefficient (Wildman–Crippen LogP) is 4.26. The maximum Gasteiger partial charge on any atom is 0.251 e. The van der Waals surface area contributed by atoms with Gasteiger partial charge in [0, 0.05) is 41.5 Å². The molecule has 43 heavy (non-hydrogen) atoms. The molecule has 0 radical (unpaired) electrons. The lowest BCUT2D eigenvalue weighted by atomic mass is 9.85. The van der Waals surface area contributed by atoms with Crippen molar-refractivity contribution in [3.63, 3.8) is 0 Å². The van der Waals surface area contributed by atoms with E-state index in [1.807, 2.05) is 44.3 Å². The normalized spacial score (nSPS) is 16.0. The third-order valence-electron chi connectivity index (χ3n) is 8.37. The van der Waals surface area contributed by atoms with Crippen molar-refractivity contribution in [2.75, 3.05) is 32.8 Å². The molecule has 1 aliphatic carbocycles. The molecule has 10 nitrogen and oxygen atoms in total. The van der Waals surface area contributed by atoms with Gasteiger partial charge in [0.15, 0.2) is 5.65 Å². The summed E-state index contributed by atoms with van der Waals surface area (Å²) in [4.78, 5) is 32.6. The second kappa shape index (κ2) is 11.6. The molecule has 5 aromatic rings. The number of aromatic amines is 2. The molecule has 1 unspecified atom stereocenters. The molecule has 2 aliphatic rings. The largest absolute Gasteiger partial charge is 0.379 e. The average Bonchev–Trinajstić information content (AvgIpc) is 3.67. The van der Waals surface area contributed by atoms with Gasteiger partial charge in [-0.3, -0.25) is 14.8 Å². The molecule has 3 N–H and O–H groups in total. The van der Waals surface area contributed by atoms with Crippen molar-refractivity contribution in [1.82, 2.24) is 40.3 Å². The van der Waals surface area contributed by atoms with E-state index in [-0.39, 0.29) is 11.9 Å². The van der Waals surface area contributed by atoms with Crippen LogP contribution in [0.5, 0.6) is 0 Å². The zero-order valence-corrected chi connectivity index (χ0v) is 24.5. The summed E-state index contributed by atoms with van der Waals surface area (Å²) in [6.45, 7) is 7.86. The minimum absolute atomic E-state index is 0.143. The van der Waals surface area contributed by atoms with E-state index >= 15 is 0 Å². The lowest BCUT2D eigenvalue weighted by molar-refractivity contribution is 0.0443. The van der Waals surface area contributed by atoms with Crippen molar-refractivity contribution < 1.29 is 9.53 Å². The number of carbonyl (C=O) groups is 1. The van der Waals surface area contributed by atoms with Gasteiger partial charge in [0.1, 0.15) is 11.5 Å². The zero-order chi connectivity index (χ0) is 29.3. The maximum absolute atomic E-state index is 13.0. The van der Waals surface area contributed by atoms with Crippen LogP contribution in [0.2, 0.25) is 0 Å². The van der Waals surface area contributed by atoms with Gasteiger partial charge in [-0.05, 0) is 68.7 Å². The number of morpholine rings is 1. The number of ether oxygens (including phenoxy) is 1. The number of benzene rings is 1. The Labute approximate surface area is 249 Å². The third-order valence-corrected chi connectivity index (χ3v) is 8.37.